The number of nitrogen functional groups attached to an aromatic ring is 1. The topological polar surface area (TPSA) is 55.0 Å². The molecule has 0 radical (unpaired) electrons. The highest BCUT2D eigenvalue weighted by atomic mass is 15.2. The first-order chi connectivity index (χ1) is 9.66. The average Bonchev–Trinajstić information content (AvgIpc) is 2.65. The summed E-state index contributed by atoms with van der Waals surface area (Å²) in [6.45, 7) is 4.87. The zero-order valence-corrected chi connectivity index (χ0v) is 12.1. The van der Waals surface area contributed by atoms with Gasteiger partial charge in [-0.3, -0.25) is 0 Å². The van der Waals surface area contributed by atoms with E-state index in [1.54, 1.807) is 0 Å². The summed E-state index contributed by atoms with van der Waals surface area (Å²) in [7, 11) is 0. The van der Waals surface area contributed by atoms with Gasteiger partial charge in [0.05, 0.1) is 0 Å². The van der Waals surface area contributed by atoms with Crippen LogP contribution in [0.25, 0.3) is 0 Å². The number of para-hydroxylation sites is 1. The van der Waals surface area contributed by atoms with E-state index in [1.807, 2.05) is 13.8 Å². The zero-order valence-electron chi connectivity index (χ0n) is 12.1. The number of fused-ring (bicyclic) bond motifs is 1. The number of aromatic nitrogens is 2. The van der Waals surface area contributed by atoms with Crippen LogP contribution in [-0.4, -0.2) is 16.5 Å². The van der Waals surface area contributed by atoms with Crippen molar-refractivity contribution in [2.75, 3.05) is 17.2 Å². The lowest BCUT2D eigenvalue weighted by Gasteiger charge is -2.26. The van der Waals surface area contributed by atoms with E-state index >= 15 is 0 Å². The van der Waals surface area contributed by atoms with Crippen molar-refractivity contribution in [3.8, 4) is 0 Å². The van der Waals surface area contributed by atoms with Crippen LogP contribution in [0.1, 0.15) is 29.8 Å². The van der Waals surface area contributed by atoms with Gasteiger partial charge in [-0.05, 0) is 44.7 Å². The highest BCUT2D eigenvalue weighted by Crippen LogP contribution is 2.34. The number of nitrogens with zero attached hydrogens (tertiary/aromatic N) is 3. The summed E-state index contributed by atoms with van der Waals surface area (Å²) in [4.78, 5) is 11.2. The minimum absolute atomic E-state index is 0.578. The Hall–Kier alpha value is -2.10. The molecular weight excluding hydrogens is 248 g/mol. The molecule has 4 nitrogen and oxygen atoms in total. The van der Waals surface area contributed by atoms with Gasteiger partial charge in [0.1, 0.15) is 17.5 Å². The second-order valence-corrected chi connectivity index (χ2v) is 5.34. The molecule has 3 rings (SSSR count). The van der Waals surface area contributed by atoms with Crippen LogP contribution in [0, 0.1) is 13.8 Å². The standard InChI is InChI=1S/C16H20N4/c1-11-15(17)18-12(2)19-16(11)20-10-6-5-8-13-7-3-4-9-14(13)20/h3-4,7,9H,5-6,8,10H2,1-2H3,(H2,17,18,19). The Balaban J connectivity index is 2.15. The van der Waals surface area contributed by atoms with Gasteiger partial charge in [-0.2, -0.15) is 0 Å². The molecular formula is C16H20N4. The van der Waals surface area contributed by atoms with Crippen LogP contribution in [0.3, 0.4) is 0 Å². The Labute approximate surface area is 119 Å². The Morgan fingerprint density at radius 1 is 1.10 bits per heavy atom. The first-order valence-corrected chi connectivity index (χ1v) is 7.13. The summed E-state index contributed by atoms with van der Waals surface area (Å²) in [6, 6.07) is 8.58. The fourth-order valence-electron chi connectivity index (χ4n) is 2.81. The maximum absolute atomic E-state index is 6.01. The molecule has 4 heteroatoms. The molecule has 1 aliphatic rings. The SMILES string of the molecule is Cc1nc(N)c(C)c(N2CCCCc3ccccc32)n1. The van der Waals surface area contributed by atoms with Gasteiger partial charge in [-0.15, -0.1) is 0 Å². The molecule has 0 unspecified atom stereocenters. The second kappa shape index (κ2) is 5.12. The third kappa shape index (κ3) is 2.22. The second-order valence-electron chi connectivity index (χ2n) is 5.34. The van der Waals surface area contributed by atoms with Crippen molar-refractivity contribution in [1.29, 1.82) is 0 Å². The van der Waals surface area contributed by atoms with Crippen molar-refractivity contribution < 1.29 is 0 Å². The van der Waals surface area contributed by atoms with Crippen molar-refractivity contribution in [2.45, 2.75) is 33.1 Å². The predicted molar refractivity (Wildman–Crippen MR) is 82.3 cm³/mol. The molecule has 0 fully saturated rings. The van der Waals surface area contributed by atoms with Crippen LogP contribution < -0.4 is 10.6 Å². The first kappa shape index (κ1) is 12.9. The number of rotatable bonds is 1. The van der Waals surface area contributed by atoms with E-state index in [2.05, 4.69) is 39.1 Å². The van der Waals surface area contributed by atoms with E-state index in [-0.39, 0.29) is 0 Å². The number of anilines is 3. The Bertz CT molecular complexity index is 636. The van der Waals surface area contributed by atoms with Gasteiger partial charge >= 0.3 is 0 Å². The van der Waals surface area contributed by atoms with Gasteiger partial charge in [0, 0.05) is 17.8 Å². The minimum Gasteiger partial charge on any atom is -0.383 e. The van der Waals surface area contributed by atoms with Crippen molar-refractivity contribution in [1.82, 2.24) is 9.97 Å². The molecule has 1 aromatic carbocycles. The maximum atomic E-state index is 6.01. The Kier molecular flexibility index (Phi) is 3.30. The smallest absolute Gasteiger partial charge is 0.141 e. The monoisotopic (exact) mass is 268 g/mol. The molecule has 0 saturated carbocycles. The molecule has 20 heavy (non-hydrogen) atoms. The maximum Gasteiger partial charge on any atom is 0.141 e. The van der Waals surface area contributed by atoms with Crippen LogP contribution >= 0.6 is 0 Å². The summed E-state index contributed by atoms with van der Waals surface area (Å²) in [6.07, 6.45) is 3.51. The van der Waals surface area contributed by atoms with Gasteiger partial charge in [0.2, 0.25) is 0 Å². The van der Waals surface area contributed by atoms with Crippen LogP contribution in [0.5, 0.6) is 0 Å². The third-order valence-corrected chi connectivity index (χ3v) is 3.89. The molecule has 0 spiro atoms. The summed E-state index contributed by atoms with van der Waals surface area (Å²) < 4.78 is 0. The normalized spacial score (nSPS) is 14.8. The molecule has 0 saturated heterocycles. The third-order valence-electron chi connectivity index (χ3n) is 3.89. The van der Waals surface area contributed by atoms with Crippen LogP contribution in [0.4, 0.5) is 17.3 Å². The zero-order chi connectivity index (χ0) is 14.1. The lowest BCUT2D eigenvalue weighted by atomic mass is 10.1. The van der Waals surface area contributed by atoms with E-state index in [0.29, 0.717) is 5.82 Å². The fraction of sp³-hybridized carbons (Fsp3) is 0.375. The minimum atomic E-state index is 0.578. The molecule has 2 heterocycles. The number of aryl methyl sites for hydroxylation is 2. The molecule has 104 valence electrons. The van der Waals surface area contributed by atoms with Crippen molar-refractivity contribution in [3.63, 3.8) is 0 Å². The molecule has 1 aromatic heterocycles. The first-order valence-electron chi connectivity index (χ1n) is 7.13. The van der Waals surface area contributed by atoms with Gasteiger partial charge in [-0.1, -0.05) is 18.2 Å². The van der Waals surface area contributed by atoms with E-state index < -0.39 is 0 Å². The Morgan fingerprint density at radius 3 is 2.75 bits per heavy atom. The van der Waals surface area contributed by atoms with E-state index in [9.17, 15) is 0 Å². The van der Waals surface area contributed by atoms with Gasteiger partial charge in [0.15, 0.2) is 0 Å². The number of benzene rings is 1. The number of hydrogen-bond donors (Lipinski definition) is 1. The average molecular weight is 268 g/mol. The molecule has 0 bridgehead atoms. The van der Waals surface area contributed by atoms with Crippen LogP contribution in [-0.2, 0) is 6.42 Å². The summed E-state index contributed by atoms with van der Waals surface area (Å²) in [5.74, 6) is 2.25. The van der Waals surface area contributed by atoms with E-state index in [0.717, 1.165) is 36.6 Å². The van der Waals surface area contributed by atoms with Gasteiger partial charge in [0.25, 0.3) is 0 Å². The van der Waals surface area contributed by atoms with E-state index in [1.165, 1.54) is 17.7 Å². The molecule has 2 N–H and O–H groups in total. The molecule has 2 aromatic rings. The van der Waals surface area contributed by atoms with E-state index in [4.69, 9.17) is 5.73 Å². The molecule has 0 atom stereocenters. The summed E-state index contributed by atoms with van der Waals surface area (Å²) >= 11 is 0. The van der Waals surface area contributed by atoms with Crippen molar-refractivity contribution >= 4 is 17.3 Å². The van der Waals surface area contributed by atoms with Gasteiger partial charge < -0.3 is 10.6 Å². The van der Waals surface area contributed by atoms with Crippen LogP contribution in [0.15, 0.2) is 24.3 Å². The van der Waals surface area contributed by atoms with Crippen molar-refractivity contribution in [3.05, 3.63) is 41.2 Å². The summed E-state index contributed by atoms with van der Waals surface area (Å²) in [5, 5.41) is 0. The lowest BCUT2D eigenvalue weighted by molar-refractivity contribution is 0.755. The highest BCUT2D eigenvalue weighted by molar-refractivity contribution is 5.69. The largest absolute Gasteiger partial charge is 0.383 e. The van der Waals surface area contributed by atoms with Crippen LogP contribution in [0.2, 0.25) is 0 Å². The Morgan fingerprint density at radius 2 is 1.90 bits per heavy atom. The van der Waals surface area contributed by atoms with Crippen molar-refractivity contribution in [2.24, 2.45) is 0 Å². The lowest BCUT2D eigenvalue weighted by Crippen LogP contribution is -2.21. The fourth-order valence-corrected chi connectivity index (χ4v) is 2.81. The predicted octanol–water partition coefficient (Wildman–Crippen LogP) is 3.15. The number of hydrogen-bond acceptors (Lipinski definition) is 4. The molecule has 1 aliphatic heterocycles. The highest BCUT2D eigenvalue weighted by Gasteiger charge is 2.20. The quantitative estimate of drug-likeness (QED) is 0.863. The molecule has 0 aliphatic carbocycles. The molecule has 0 amide bonds. The number of nitrogens with two attached hydrogens (primary N) is 1. The van der Waals surface area contributed by atoms with Gasteiger partial charge in [-0.25, -0.2) is 9.97 Å². The summed E-state index contributed by atoms with van der Waals surface area (Å²) in [5.41, 5.74) is 9.62.